The first kappa shape index (κ1) is 15.7. The molecule has 5 nitrogen and oxygen atoms in total. The normalized spacial score (nSPS) is 19.4. The molecule has 0 aromatic rings. The highest BCUT2D eigenvalue weighted by molar-refractivity contribution is 6.63. The third-order valence-corrected chi connectivity index (χ3v) is 3.32. The zero-order chi connectivity index (χ0) is 14.3. The van der Waals surface area contributed by atoms with E-state index in [1.807, 2.05) is 6.92 Å². The summed E-state index contributed by atoms with van der Waals surface area (Å²) in [5, 5.41) is 3.77. The molecule has 1 aliphatic rings. The Morgan fingerprint density at radius 2 is 1.74 bits per heavy atom. The topological polar surface area (TPSA) is 65.0 Å². The van der Waals surface area contributed by atoms with E-state index in [2.05, 4.69) is 5.16 Å². The lowest BCUT2D eigenvalue weighted by molar-refractivity contribution is -0.136. The van der Waals surface area contributed by atoms with Crippen LogP contribution in [0.5, 0.6) is 0 Å². The molecule has 0 unspecified atom stereocenters. The Morgan fingerprint density at radius 1 is 1.16 bits per heavy atom. The van der Waals surface area contributed by atoms with Crippen LogP contribution in [0.3, 0.4) is 0 Å². The van der Waals surface area contributed by atoms with E-state index in [0.29, 0.717) is 0 Å². The van der Waals surface area contributed by atoms with Gasteiger partial charge in [0.2, 0.25) is 5.71 Å². The summed E-state index contributed by atoms with van der Waals surface area (Å²) in [6.07, 6.45) is 6.34. The number of carbonyl (C=O) groups excluding carboxylic acids is 2. The maximum Gasteiger partial charge on any atom is 0.364 e. The van der Waals surface area contributed by atoms with E-state index >= 15 is 0 Å². The van der Waals surface area contributed by atoms with E-state index in [1.165, 1.54) is 19.8 Å². The minimum atomic E-state index is -0.716. The second-order valence-corrected chi connectivity index (χ2v) is 5.17. The van der Waals surface area contributed by atoms with Crippen molar-refractivity contribution in [2.75, 3.05) is 6.61 Å². The Labute approximate surface area is 114 Å². The minimum absolute atomic E-state index is 0.211. The molecule has 5 heteroatoms. The van der Waals surface area contributed by atoms with Crippen molar-refractivity contribution in [3.63, 3.8) is 0 Å². The molecule has 108 valence electrons. The van der Waals surface area contributed by atoms with E-state index in [-0.39, 0.29) is 17.9 Å². The molecule has 0 aromatic carbocycles. The van der Waals surface area contributed by atoms with Gasteiger partial charge in [-0.15, -0.1) is 0 Å². The van der Waals surface area contributed by atoms with Crippen LogP contribution in [0.2, 0.25) is 0 Å². The zero-order valence-corrected chi connectivity index (χ0v) is 12.0. The first-order valence-corrected chi connectivity index (χ1v) is 6.93. The Kier molecular flexibility index (Phi) is 5.99. The van der Waals surface area contributed by atoms with Gasteiger partial charge in [0.15, 0.2) is 5.78 Å². The molecule has 19 heavy (non-hydrogen) atoms. The average molecular weight is 269 g/mol. The van der Waals surface area contributed by atoms with E-state index in [1.54, 1.807) is 6.92 Å². The molecule has 1 rings (SSSR count). The summed E-state index contributed by atoms with van der Waals surface area (Å²) in [6.45, 7) is 5.16. The zero-order valence-electron chi connectivity index (χ0n) is 12.0. The average Bonchev–Trinajstić information content (AvgIpc) is 2.54. The van der Waals surface area contributed by atoms with Crippen LogP contribution in [-0.2, 0) is 19.2 Å². The van der Waals surface area contributed by atoms with Crippen LogP contribution in [-0.4, -0.2) is 29.7 Å². The summed E-state index contributed by atoms with van der Waals surface area (Å²) in [5.41, 5.74) is -0.642. The van der Waals surface area contributed by atoms with Gasteiger partial charge in [-0.05, 0) is 39.5 Å². The third kappa shape index (κ3) is 5.01. The molecule has 0 radical (unpaired) electrons. The van der Waals surface area contributed by atoms with Crippen molar-refractivity contribution in [2.24, 2.45) is 5.16 Å². The van der Waals surface area contributed by atoms with Crippen molar-refractivity contribution in [3.8, 4) is 0 Å². The fraction of sp³-hybridized carbons (Fsp3) is 0.786. The second-order valence-electron chi connectivity index (χ2n) is 5.17. The second kappa shape index (κ2) is 7.26. The first-order chi connectivity index (χ1) is 8.98. The summed E-state index contributed by atoms with van der Waals surface area (Å²) in [5.74, 6) is -1.15. The molecule has 0 aromatic heterocycles. The lowest BCUT2D eigenvalue weighted by atomic mass is 9.97. The fourth-order valence-electron chi connectivity index (χ4n) is 2.17. The number of esters is 1. The summed E-state index contributed by atoms with van der Waals surface area (Å²) in [7, 11) is 0. The molecule has 0 saturated heterocycles. The molecule has 0 amide bonds. The van der Waals surface area contributed by atoms with Gasteiger partial charge >= 0.3 is 5.97 Å². The van der Waals surface area contributed by atoms with E-state index in [0.717, 1.165) is 25.7 Å². The molecule has 0 atom stereocenters. The maximum absolute atomic E-state index is 11.6. The van der Waals surface area contributed by atoms with Crippen LogP contribution in [0, 0.1) is 0 Å². The molecule has 0 spiro atoms. The summed E-state index contributed by atoms with van der Waals surface area (Å²) in [6, 6.07) is 0. The van der Waals surface area contributed by atoms with Crippen LogP contribution in [0.1, 0.15) is 59.3 Å². The predicted octanol–water partition coefficient (Wildman–Crippen LogP) is 2.62. The van der Waals surface area contributed by atoms with Crippen LogP contribution in [0.4, 0.5) is 0 Å². The monoisotopic (exact) mass is 269 g/mol. The van der Waals surface area contributed by atoms with E-state index in [9.17, 15) is 9.59 Å². The van der Waals surface area contributed by atoms with Gasteiger partial charge in [0.05, 0.1) is 6.61 Å². The van der Waals surface area contributed by atoms with E-state index in [4.69, 9.17) is 9.57 Å². The minimum Gasteiger partial charge on any atom is -0.461 e. The van der Waals surface area contributed by atoms with Crippen molar-refractivity contribution in [1.29, 1.82) is 0 Å². The highest BCUT2D eigenvalue weighted by Crippen LogP contribution is 2.30. The quantitative estimate of drug-likeness (QED) is 0.253. The predicted molar refractivity (Wildman–Crippen MR) is 71.9 cm³/mol. The number of hydrogen-bond donors (Lipinski definition) is 0. The van der Waals surface area contributed by atoms with Crippen molar-refractivity contribution in [3.05, 3.63) is 0 Å². The first-order valence-electron chi connectivity index (χ1n) is 6.93. The lowest BCUT2D eigenvalue weighted by Crippen LogP contribution is -2.30. The van der Waals surface area contributed by atoms with Gasteiger partial charge in [-0.1, -0.05) is 18.0 Å². The van der Waals surface area contributed by atoms with Crippen molar-refractivity contribution in [1.82, 2.24) is 0 Å². The lowest BCUT2D eigenvalue weighted by Gasteiger charge is -2.25. The molecule has 1 aliphatic carbocycles. The van der Waals surface area contributed by atoms with Crippen LogP contribution in [0.25, 0.3) is 0 Å². The SMILES string of the molecule is CCOC(=O)C(=NOC1(C)CCCCCC1)C(C)=O. The molecule has 0 aliphatic heterocycles. The van der Waals surface area contributed by atoms with Gasteiger partial charge in [0.25, 0.3) is 0 Å². The fourth-order valence-corrected chi connectivity index (χ4v) is 2.17. The number of rotatable bonds is 5. The number of Topliss-reactive ketones (excluding diaryl/α,β-unsaturated/α-hetero) is 1. The molecular weight excluding hydrogens is 246 g/mol. The Bertz CT molecular complexity index is 354. The number of ether oxygens (including phenoxy) is 1. The number of ketones is 1. The molecule has 1 fully saturated rings. The van der Waals surface area contributed by atoms with Gasteiger partial charge < -0.3 is 9.57 Å². The Morgan fingerprint density at radius 3 is 2.21 bits per heavy atom. The van der Waals surface area contributed by atoms with Gasteiger partial charge in [0.1, 0.15) is 5.60 Å². The molecular formula is C14H23NO4. The Balaban J connectivity index is 2.73. The third-order valence-electron chi connectivity index (χ3n) is 3.32. The van der Waals surface area contributed by atoms with Crippen molar-refractivity contribution >= 4 is 17.5 Å². The number of oxime groups is 1. The van der Waals surface area contributed by atoms with Crippen molar-refractivity contribution in [2.45, 2.75) is 64.9 Å². The van der Waals surface area contributed by atoms with E-state index < -0.39 is 11.8 Å². The summed E-state index contributed by atoms with van der Waals surface area (Å²) < 4.78 is 4.79. The van der Waals surface area contributed by atoms with Crippen LogP contribution >= 0.6 is 0 Å². The maximum atomic E-state index is 11.6. The van der Waals surface area contributed by atoms with Gasteiger partial charge in [-0.3, -0.25) is 4.79 Å². The van der Waals surface area contributed by atoms with Gasteiger partial charge in [-0.2, -0.15) is 0 Å². The Hall–Kier alpha value is -1.39. The standard InChI is InChI=1S/C14H23NO4/c1-4-18-13(17)12(11(2)16)15-19-14(3)9-7-5-6-8-10-14/h4-10H2,1-3H3. The highest BCUT2D eigenvalue weighted by Gasteiger charge is 2.29. The summed E-state index contributed by atoms with van der Waals surface area (Å²) in [4.78, 5) is 28.5. The van der Waals surface area contributed by atoms with Crippen molar-refractivity contribution < 1.29 is 19.2 Å². The molecule has 1 saturated carbocycles. The van der Waals surface area contributed by atoms with Crippen LogP contribution < -0.4 is 0 Å². The largest absolute Gasteiger partial charge is 0.461 e. The number of hydrogen-bond acceptors (Lipinski definition) is 5. The molecule has 0 N–H and O–H groups in total. The summed E-state index contributed by atoms with van der Waals surface area (Å²) >= 11 is 0. The molecule has 0 heterocycles. The highest BCUT2D eigenvalue weighted by atomic mass is 16.7. The smallest absolute Gasteiger partial charge is 0.364 e. The van der Waals surface area contributed by atoms with Gasteiger partial charge in [0, 0.05) is 6.92 Å². The molecule has 0 bridgehead atoms. The number of nitrogens with zero attached hydrogens (tertiary/aromatic N) is 1. The number of carbonyl (C=O) groups is 2. The van der Waals surface area contributed by atoms with Gasteiger partial charge in [-0.25, -0.2) is 4.79 Å². The van der Waals surface area contributed by atoms with Crippen LogP contribution in [0.15, 0.2) is 5.16 Å².